The van der Waals surface area contributed by atoms with Crippen LogP contribution in [-0.2, 0) is 24.3 Å². The number of benzene rings is 3. The second-order valence-electron chi connectivity index (χ2n) is 9.50. The lowest BCUT2D eigenvalue weighted by Crippen LogP contribution is -2.64. The largest absolute Gasteiger partial charge is 0.497 e. The molecule has 0 fully saturated rings. The van der Waals surface area contributed by atoms with Crippen LogP contribution >= 0.6 is 0 Å². The van der Waals surface area contributed by atoms with Crippen LogP contribution in [0.25, 0.3) is 10.9 Å². The van der Waals surface area contributed by atoms with Gasteiger partial charge in [-0.2, -0.15) is 0 Å². The molecule has 190 valence electrons. The third kappa shape index (κ3) is 4.53. The van der Waals surface area contributed by atoms with E-state index in [2.05, 4.69) is 5.32 Å². The van der Waals surface area contributed by atoms with E-state index in [-0.39, 0.29) is 11.8 Å². The van der Waals surface area contributed by atoms with Gasteiger partial charge in [0, 0.05) is 30.1 Å². The van der Waals surface area contributed by atoms with Gasteiger partial charge in [0.15, 0.2) is 0 Å². The van der Waals surface area contributed by atoms with E-state index in [4.69, 9.17) is 9.47 Å². The predicted molar refractivity (Wildman–Crippen MR) is 143 cm³/mol. The van der Waals surface area contributed by atoms with Gasteiger partial charge in [-0.05, 0) is 42.7 Å². The molecule has 0 unspecified atom stereocenters. The first kappa shape index (κ1) is 24.4. The molecule has 1 aromatic heterocycles. The van der Waals surface area contributed by atoms with Gasteiger partial charge in [0.2, 0.25) is 5.91 Å². The molecule has 0 spiro atoms. The molecule has 0 aliphatic carbocycles. The van der Waals surface area contributed by atoms with Crippen molar-refractivity contribution < 1.29 is 19.1 Å². The Labute approximate surface area is 216 Å². The average molecular weight is 498 g/mol. The zero-order chi connectivity index (χ0) is 26.0. The SMILES string of the molecule is COc1ccc(CCN2C(=O)c3cc4ccccc4n3C[C@@]2(C)C(=O)NCc2ccccc2)c(OC)c1. The molecular weight excluding hydrogens is 466 g/mol. The smallest absolute Gasteiger partial charge is 0.271 e. The van der Waals surface area contributed by atoms with Crippen LogP contribution in [0.2, 0.25) is 0 Å². The van der Waals surface area contributed by atoms with Crippen LogP contribution in [0.3, 0.4) is 0 Å². The molecule has 0 saturated carbocycles. The van der Waals surface area contributed by atoms with Gasteiger partial charge in [-0.1, -0.05) is 54.6 Å². The molecule has 1 aliphatic heterocycles. The summed E-state index contributed by atoms with van der Waals surface area (Å²) in [5.41, 5.74) is 2.40. The third-order valence-electron chi connectivity index (χ3n) is 7.22. The van der Waals surface area contributed by atoms with Crippen LogP contribution in [0.1, 0.15) is 28.5 Å². The lowest BCUT2D eigenvalue weighted by molar-refractivity contribution is -0.133. The van der Waals surface area contributed by atoms with Crippen molar-refractivity contribution in [2.45, 2.75) is 32.0 Å². The number of ether oxygens (including phenoxy) is 2. The summed E-state index contributed by atoms with van der Waals surface area (Å²) in [5.74, 6) is 1.04. The number of hydrogen-bond donors (Lipinski definition) is 1. The second kappa shape index (κ2) is 10.0. The van der Waals surface area contributed by atoms with Crippen LogP contribution in [-0.4, -0.2) is 47.6 Å². The van der Waals surface area contributed by atoms with Gasteiger partial charge in [-0.15, -0.1) is 0 Å². The second-order valence-corrected chi connectivity index (χ2v) is 9.50. The number of carbonyl (C=O) groups excluding carboxylic acids is 2. The number of nitrogens with one attached hydrogen (secondary N) is 1. The lowest BCUT2D eigenvalue weighted by Gasteiger charge is -2.44. The van der Waals surface area contributed by atoms with Gasteiger partial charge in [-0.25, -0.2) is 0 Å². The maximum absolute atomic E-state index is 13.9. The molecule has 7 heteroatoms. The summed E-state index contributed by atoms with van der Waals surface area (Å²) in [7, 11) is 3.23. The van der Waals surface area contributed by atoms with E-state index in [1.165, 1.54) is 0 Å². The molecule has 1 atom stereocenters. The molecule has 0 bridgehead atoms. The molecule has 0 saturated heterocycles. The van der Waals surface area contributed by atoms with Crippen molar-refractivity contribution in [3.8, 4) is 11.5 Å². The minimum Gasteiger partial charge on any atom is -0.497 e. The van der Waals surface area contributed by atoms with Crippen molar-refractivity contribution in [2.75, 3.05) is 20.8 Å². The third-order valence-corrected chi connectivity index (χ3v) is 7.22. The monoisotopic (exact) mass is 497 g/mol. The van der Waals surface area contributed by atoms with E-state index in [9.17, 15) is 9.59 Å². The Morgan fingerprint density at radius 3 is 2.49 bits per heavy atom. The molecule has 37 heavy (non-hydrogen) atoms. The Balaban J connectivity index is 1.48. The maximum atomic E-state index is 13.9. The summed E-state index contributed by atoms with van der Waals surface area (Å²) in [6.45, 7) is 2.97. The molecule has 5 rings (SSSR count). The van der Waals surface area contributed by atoms with Crippen molar-refractivity contribution >= 4 is 22.7 Å². The molecule has 1 N–H and O–H groups in total. The van der Waals surface area contributed by atoms with Gasteiger partial charge in [0.1, 0.15) is 22.7 Å². The van der Waals surface area contributed by atoms with E-state index in [1.54, 1.807) is 19.1 Å². The van der Waals surface area contributed by atoms with Gasteiger partial charge in [0.25, 0.3) is 5.91 Å². The minimum atomic E-state index is -1.08. The number of amides is 2. The first-order valence-electron chi connectivity index (χ1n) is 12.4. The molecular formula is C30H31N3O4. The first-order valence-corrected chi connectivity index (χ1v) is 12.4. The number of rotatable bonds is 8. The Morgan fingerprint density at radius 1 is 0.973 bits per heavy atom. The Kier molecular flexibility index (Phi) is 6.61. The fraction of sp³-hybridized carbons (Fsp3) is 0.267. The predicted octanol–water partition coefficient (Wildman–Crippen LogP) is 4.43. The number of nitrogens with zero attached hydrogens (tertiary/aromatic N) is 2. The van der Waals surface area contributed by atoms with Crippen LogP contribution in [0.5, 0.6) is 11.5 Å². The Morgan fingerprint density at radius 2 is 1.73 bits per heavy atom. The van der Waals surface area contributed by atoms with E-state index < -0.39 is 5.54 Å². The van der Waals surface area contributed by atoms with Crippen molar-refractivity contribution in [2.24, 2.45) is 0 Å². The van der Waals surface area contributed by atoms with E-state index in [0.717, 1.165) is 22.0 Å². The molecule has 7 nitrogen and oxygen atoms in total. The molecule has 4 aromatic rings. The normalized spacial score (nSPS) is 16.9. The van der Waals surface area contributed by atoms with E-state index in [1.807, 2.05) is 90.4 Å². The highest BCUT2D eigenvalue weighted by Crippen LogP contribution is 2.33. The quantitative estimate of drug-likeness (QED) is 0.391. The van der Waals surface area contributed by atoms with Crippen molar-refractivity contribution in [1.82, 2.24) is 14.8 Å². The van der Waals surface area contributed by atoms with Gasteiger partial charge in [0.05, 0.1) is 20.8 Å². The number of fused-ring (bicyclic) bond motifs is 3. The van der Waals surface area contributed by atoms with Gasteiger partial charge >= 0.3 is 0 Å². The van der Waals surface area contributed by atoms with Crippen LogP contribution in [0, 0.1) is 0 Å². The maximum Gasteiger partial charge on any atom is 0.271 e. The molecule has 2 heterocycles. The number of methoxy groups -OCH3 is 2. The van der Waals surface area contributed by atoms with Crippen LogP contribution in [0.15, 0.2) is 78.9 Å². The van der Waals surface area contributed by atoms with E-state index in [0.29, 0.717) is 43.2 Å². The highest BCUT2D eigenvalue weighted by molar-refractivity contribution is 6.03. The summed E-state index contributed by atoms with van der Waals surface area (Å²) in [6, 6.07) is 25.2. The van der Waals surface area contributed by atoms with Crippen LogP contribution < -0.4 is 14.8 Å². The summed E-state index contributed by atoms with van der Waals surface area (Å²) in [5, 5.41) is 4.06. The van der Waals surface area contributed by atoms with Gasteiger partial charge in [-0.3, -0.25) is 9.59 Å². The lowest BCUT2D eigenvalue weighted by atomic mass is 9.93. The summed E-state index contributed by atoms with van der Waals surface area (Å²) in [6.07, 6.45) is 0.528. The zero-order valence-corrected chi connectivity index (χ0v) is 21.4. The molecule has 1 aliphatic rings. The highest BCUT2D eigenvalue weighted by atomic mass is 16.5. The Bertz CT molecular complexity index is 1450. The number of para-hydroxylation sites is 1. The van der Waals surface area contributed by atoms with Crippen molar-refractivity contribution in [3.63, 3.8) is 0 Å². The van der Waals surface area contributed by atoms with Crippen molar-refractivity contribution in [3.05, 3.63) is 95.7 Å². The zero-order valence-electron chi connectivity index (χ0n) is 21.4. The fourth-order valence-corrected chi connectivity index (χ4v) is 5.12. The Hall–Kier alpha value is -4.26. The highest BCUT2D eigenvalue weighted by Gasteiger charge is 2.47. The summed E-state index contributed by atoms with van der Waals surface area (Å²) >= 11 is 0. The molecule has 0 radical (unpaired) electrons. The molecule has 2 amide bonds. The standard InChI is InChI=1S/C30H31N3O4/c1-30(29(35)31-19-21-9-5-4-6-10-21)20-32-25-12-8-7-11-23(25)17-26(32)28(34)33(30)16-15-22-13-14-24(36-2)18-27(22)37-3/h4-14,17-18H,15-16,19-20H2,1-3H3,(H,31,35)/t30-/m0/s1. The average Bonchev–Trinajstić information content (AvgIpc) is 3.30. The molecule has 3 aromatic carbocycles. The van der Waals surface area contributed by atoms with Gasteiger partial charge < -0.3 is 24.3 Å². The summed E-state index contributed by atoms with van der Waals surface area (Å²) in [4.78, 5) is 29.4. The first-order chi connectivity index (χ1) is 17.9. The number of hydrogen-bond acceptors (Lipinski definition) is 4. The minimum absolute atomic E-state index is 0.160. The van der Waals surface area contributed by atoms with Crippen LogP contribution in [0.4, 0.5) is 0 Å². The van der Waals surface area contributed by atoms with E-state index >= 15 is 0 Å². The fourth-order valence-electron chi connectivity index (χ4n) is 5.12. The topological polar surface area (TPSA) is 72.8 Å². The van der Waals surface area contributed by atoms with Crippen molar-refractivity contribution in [1.29, 1.82) is 0 Å². The summed E-state index contributed by atoms with van der Waals surface area (Å²) < 4.78 is 12.9. The number of carbonyl (C=O) groups is 2. The number of aromatic nitrogens is 1.